The molecule has 0 heterocycles. The van der Waals surface area contributed by atoms with Crippen molar-refractivity contribution < 1.29 is 9.50 Å². The van der Waals surface area contributed by atoms with E-state index in [1.807, 2.05) is 50.7 Å². The van der Waals surface area contributed by atoms with Crippen LogP contribution < -0.4 is 0 Å². The third kappa shape index (κ3) is 3.46. The van der Waals surface area contributed by atoms with E-state index in [1.165, 1.54) is 11.8 Å². The quantitative estimate of drug-likeness (QED) is 0.206. The number of hydrogen-bond acceptors (Lipinski definition) is 3. The highest BCUT2D eigenvalue weighted by molar-refractivity contribution is 8.13. The van der Waals surface area contributed by atoms with Gasteiger partial charge in [-0.05, 0) is 18.6 Å². The first-order valence-electron chi connectivity index (χ1n) is 5.47. The summed E-state index contributed by atoms with van der Waals surface area (Å²) in [4.78, 5) is 13.3. The molecular weight excluding hydrogens is 250 g/mol. The van der Waals surface area contributed by atoms with Crippen LogP contribution in [-0.4, -0.2) is 47.8 Å². The van der Waals surface area contributed by atoms with Crippen LogP contribution in [0.5, 0.6) is 0 Å². The number of thioether (sulfide) groups is 1. The first-order valence-corrected chi connectivity index (χ1v) is 6.29. The number of amidine groups is 1. The summed E-state index contributed by atoms with van der Waals surface area (Å²) in [5.74, 6) is 0. The number of nitrogens with zero attached hydrogens (tertiary/aromatic N) is 3. The van der Waals surface area contributed by atoms with Crippen LogP contribution in [0.25, 0.3) is 0 Å². The second kappa shape index (κ2) is 5.86. The number of aryl methyl sites for hydroxylation is 1. The highest BCUT2D eigenvalue weighted by Gasteiger charge is 2.21. The van der Waals surface area contributed by atoms with E-state index in [0.29, 0.717) is 4.90 Å². The second-order valence-electron chi connectivity index (χ2n) is 4.40. The molecule has 0 aliphatic rings. The fourth-order valence-electron chi connectivity index (χ4n) is 1.54. The first-order chi connectivity index (χ1) is 8.32. The van der Waals surface area contributed by atoms with Crippen LogP contribution in [-0.2, 0) is 0 Å². The van der Waals surface area contributed by atoms with E-state index >= 15 is 0 Å². The molecule has 0 N–H and O–H groups in total. The van der Waals surface area contributed by atoms with Crippen molar-refractivity contribution in [3.8, 4) is 0 Å². The van der Waals surface area contributed by atoms with Crippen LogP contribution in [0, 0.1) is 17.0 Å². The lowest BCUT2D eigenvalue weighted by molar-refractivity contribution is -0.466. The molecule has 0 fully saturated rings. The van der Waals surface area contributed by atoms with Crippen LogP contribution in [0.15, 0.2) is 23.1 Å². The van der Waals surface area contributed by atoms with E-state index < -0.39 is 0 Å². The Morgan fingerprint density at radius 1 is 1.33 bits per heavy atom. The maximum absolute atomic E-state index is 11.1. The van der Waals surface area contributed by atoms with E-state index in [0.717, 1.165) is 10.7 Å². The maximum atomic E-state index is 11.1. The molecule has 0 aliphatic carbocycles. The van der Waals surface area contributed by atoms with Crippen LogP contribution in [0.1, 0.15) is 5.56 Å². The van der Waals surface area contributed by atoms with E-state index in [1.54, 1.807) is 12.1 Å². The van der Waals surface area contributed by atoms with Gasteiger partial charge in [0.2, 0.25) is 0 Å². The van der Waals surface area contributed by atoms with E-state index in [-0.39, 0.29) is 10.6 Å². The number of nitro groups is 1. The minimum Gasteiger partial charge on any atom is -0.261 e. The molecule has 0 aromatic heterocycles. The van der Waals surface area contributed by atoms with Gasteiger partial charge in [-0.15, -0.1) is 0 Å². The van der Waals surface area contributed by atoms with Gasteiger partial charge < -0.3 is 0 Å². The average molecular weight is 268 g/mol. The lowest BCUT2D eigenvalue weighted by Gasteiger charge is -2.10. The smallest absolute Gasteiger partial charge is 0.261 e. The summed E-state index contributed by atoms with van der Waals surface area (Å²) in [7, 11) is 7.68. The molecule has 1 rings (SSSR count). The molecule has 0 saturated carbocycles. The molecule has 1 aromatic rings. The SMILES string of the molecule is Cc1ccc(SC(N(C)C)=[N+](C)C)c([N+](=O)[O-])c1. The highest BCUT2D eigenvalue weighted by Crippen LogP contribution is 2.31. The number of rotatable bonds is 2. The number of nitro benzene ring substituents is 1. The standard InChI is InChI=1S/C12H18N3O2S/c1-9-6-7-11(10(8-9)15(16)17)18-12(13(2)3)14(4)5/h6-8H,1-5H3/q+1. The predicted molar refractivity (Wildman–Crippen MR) is 74.5 cm³/mol. The molecule has 18 heavy (non-hydrogen) atoms. The Bertz CT molecular complexity index is 494. The van der Waals surface area contributed by atoms with Crippen molar-refractivity contribution in [2.24, 2.45) is 0 Å². The fraction of sp³-hybridized carbons (Fsp3) is 0.417. The van der Waals surface area contributed by atoms with Gasteiger partial charge in [0.25, 0.3) is 5.69 Å². The van der Waals surface area contributed by atoms with Crippen molar-refractivity contribution >= 4 is 22.6 Å². The Morgan fingerprint density at radius 3 is 2.39 bits per heavy atom. The molecule has 0 unspecified atom stereocenters. The Morgan fingerprint density at radius 2 is 1.94 bits per heavy atom. The lowest BCUT2D eigenvalue weighted by atomic mass is 10.2. The molecule has 0 aliphatic heterocycles. The van der Waals surface area contributed by atoms with Crippen molar-refractivity contribution in [1.82, 2.24) is 4.90 Å². The normalized spacial score (nSPS) is 10.1. The zero-order chi connectivity index (χ0) is 13.9. The summed E-state index contributed by atoms with van der Waals surface area (Å²) in [6.07, 6.45) is 0. The van der Waals surface area contributed by atoms with Crippen molar-refractivity contribution in [3.05, 3.63) is 33.9 Å². The maximum Gasteiger partial charge on any atom is 0.312 e. The number of benzene rings is 1. The van der Waals surface area contributed by atoms with Gasteiger partial charge in [-0.3, -0.25) is 19.6 Å². The topological polar surface area (TPSA) is 49.4 Å². The summed E-state index contributed by atoms with van der Waals surface area (Å²) < 4.78 is 1.94. The molecule has 0 saturated heterocycles. The molecule has 0 bridgehead atoms. The summed E-state index contributed by atoms with van der Waals surface area (Å²) in [6.45, 7) is 1.85. The fourth-order valence-corrected chi connectivity index (χ4v) is 2.47. The second-order valence-corrected chi connectivity index (χ2v) is 5.41. The Labute approximate surface area is 111 Å². The molecule has 0 radical (unpaired) electrons. The molecule has 0 spiro atoms. The summed E-state index contributed by atoms with van der Waals surface area (Å²) in [6, 6.07) is 5.29. The molecule has 5 nitrogen and oxygen atoms in total. The first kappa shape index (κ1) is 14.5. The van der Waals surface area contributed by atoms with E-state index in [9.17, 15) is 10.1 Å². The van der Waals surface area contributed by atoms with Gasteiger partial charge >= 0.3 is 5.17 Å². The van der Waals surface area contributed by atoms with Gasteiger partial charge in [-0.1, -0.05) is 6.07 Å². The highest BCUT2D eigenvalue weighted by atomic mass is 32.2. The van der Waals surface area contributed by atoms with Crippen molar-refractivity contribution in [3.63, 3.8) is 0 Å². The minimum absolute atomic E-state index is 0.154. The van der Waals surface area contributed by atoms with Gasteiger partial charge in [0.15, 0.2) is 0 Å². The summed E-state index contributed by atoms with van der Waals surface area (Å²) in [5.41, 5.74) is 1.04. The van der Waals surface area contributed by atoms with Gasteiger partial charge in [-0.25, -0.2) is 0 Å². The van der Waals surface area contributed by atoms with Gasteiger partial charge in [-0.2, -0.15) is 0 Å². The molecule has 6 heteroatoms. The van der Waals surface area contributed by atoms with Crippen LogP contribution in [0.4, 0.5) is 5.69 Å². The van der Waals surface area contributed by atoms with Gasteiger partial charge in [0.05, 0.1) is 38.0 Å². The Balaban J connectivity index is 3.19. The van der Waals surface area contributed by atoms with Gasteiger partial charge in [0.1, 0.15) is 0 Å². The average Bonchev–Trinajstić information content (AvgIpc) is 2.25. The largest absolute Gasteiger partial charge is 0.312 e. The zero-order valence-corrected chi connectivity index (χ0v) is 12.1. The third-order valence-electron chi connectivity index (χ3n) is 2.28. The summed E-state index contributed by atoms with van der Waals surface area (Å²) in [5, 5.41) is 12.0. The Hall–Kier alpha value is -1.56. The molecule has 1 aromatic carbocycles. The molecular formula is C12H18N3O2S+. The number of hydrogen-bond donors (Lipinski definition) is 0. The predicted octanol–water partition coefficient (Wildman–Crippen LogP) is 2.19. The van der Waals surface area contributed by atoms with Crippen LogP contribution in [0.3, 0.4) is 0 Å². The van der Waals surface area contributed by atoms with Crippen molar-refractivity contribution in [2.75, 3.05) is 28.2 Å². The third-order valence-corrected chi connectivity index (χ3v) is 3.76. The minimum atomic E-state index is -0.335. The van der Waals surface area contributed by atoms with Crippen LogP contribution in [0.2, 0.25) is 0 Å². The van der Waals surface area contributed by atoms with Crippen LogP contribution >= 0.6 is 11.8 Å². The van der Waals surface area contributed by atoms with Gasteiger partial charge in [0, 0.05) is 17.8 Å². The van der Waals surface area contributed by atoms with Crippen molar-refractivity contribution in [2.45, 2.75) is 11.8 Å². The van der Waals surface area contributed by atoms with E-state index in [4.69, 9.17) is 0 Å². The van der Waals surface area contributed by atoms with Crippen molar-refractivity contribution in [1.29, 1.82) is 0 Å². The molecule has 0 atom stereocenters. The van der Waals surface area contributed by atoms with E-state index in [2.05, 4.69) is 0 Å². The lowest BCUT2D eigenvalue weighted by Crippen LogP contribution is -2.26. The summed E-state index contributed by atoms with van der Waals surface area (Å²) >= 11 is 1.40. The monoisotopic (exact) mass is 268 g/mol. The zero-order valence-electron chi connectivity index (χ0n) is 11.3. The molecule has 0 amide bonds. The molecule has 98 valence electrons. The Kier molecular flexibility index (Phi) is 4.72.